The van der Waals surface area contributed by atoms with Gasteiger partial charge in [0.05, 0.1) is 13.2 Å². The Morgan fingerprint density at radius 3 is 2.11 bits per heavy atom. The lowest BCUT2D eigenvalue weighted by molar-refractivity contribution is 0.122. The van der Waals surface area contributed by atoms with Crippen molar-refractivity contribution in [1.82, 2.24) is 14.9 Å². The molecule has 1 aromatic heterocycles. The zero-order valence-electron chi connectivity index (χ0n) is 17.3. The van der Waals surface area contributed by atoms with Gasteiger partial charge in [0.2, 0.25) is 0 Å². The Labute approximate surface area is 168 Å². The predicted octanol–water partition coefficient (Wildman–Crippen LogP) is 2.56. The minimum atomic E-state index is 0.773. The highest BCUT2D eigenvalue weighted by molar-refractivity contribution is 5.51. The van der Waals surface area contributed by atoms with Crippen LogP contribution in [0.1, 0.15) is 22.5 Å². The van der Waals surface area contributed by atoms with Crippen LogP contribution in [0.3, 0.4) is 0 Å². The van der Waals surface area contributed by atoms with E-state index in [9.17, 15) is 0 Å². The lowest BCUT2D eigenvalue weighted by Crippen LogP contribution is -2.46. The first kappa shape index (κ1) is 19.2. The maximum Gasteiger partial charge on any atom is 0.134 e. The number of piperazine rings is 1. The van der Waals surface area contributed by atoms with Gasteiger partial charge in [-0.15, -0.1) is 0 Å². The molecule has 2 saturated heterocycles. The van der Waals surface area contributed by atoms with E-state index in [0.29, 0.717) is 0 Å². The van der Waals surface area contributed by atoms with Crippen molar-refractivity contribution < 1.29 is 4.74 Å². The number of ether oxygens (including phenoxy) is 1. The maximum atomic E-state index is 5.47. The molecule has 0 aliphatic carbocycles. The quantitative estimate of drug-likeness (QED) is 0.811. The molecule has 6 nitrogen and oxygen atoms in total. The van der Waals surface area contributed by atoms with Crippen LogP contribution in [0, 0.1) is 20.8 Å². The number of morpholine rings is 1. The van der Waals surface area contributed by atoms with E-state index in [1.807, 2.05) is 6.92 Å². The summed E-state index contributed by atoms with van der Waals surface area (Å²) in [6.45, 7) is 14.9. The maximum absolute atomic E-state index is 5.47. The van der Waals surface area contributed by atoms with Crippen LogP contribution in [0.4, 0.5) is 11.6 Å². The largest absolute Gasteiger partial charge is 0.378 e. The third kappa shape index (κ3) is 4.45. The molecule has 3 heterocycles. The Kier molecular flexibility index (Phi) is 5.78. The molecule has 2 aliphatic rings. The van der Waals surface area contributed by atoms with Crippen molar-refractivity contribution in [2.75, 3.05) is 62.3 Å². The molecule has 0 amide bonds. The summed E-state index contributed by atoms with van der Waals surface area (Å²) in [7, 11) is 0. The molecule has 0 atom stereocenters. The fourth-order valence-electron chi connectivity index (χ4n) is 4.05. The Morgan fingerprint density at radius 2 is 1.46 bits per heavy atom. The summed E-state index contributed by atoms with van der Waals surface area (Å²) in [6.07, 6.45) is 0. The summed E-state index contributed by atoms with van der Waals surface area (Å²) in [5.74, 6) is 2.93. The molecule has 4 rings (SSSR count). The molecule has 0 bridgehead atoms. The summed E-state index contributed by atoms with van der Waals surface area (Å²) in [6, 6.07) is 8.93. The van der Waals surface area contributed by atoms with Crippen LogP contribution < -0.4 is 9.80 Å². The molecule has 2 aliphatic heterocycles. The number of anilines is 2. The Hall–Kier alpha value is -2.18. The summed E-state index contributed by atoms with van der Waals surface area (Å²) in [4.78, 5) is 16.6. The van der Waals surface area contributed by atoms with E-state index in [2.05, 4.69) is 57.8 Å². The van der Waals surface area contributed by atoms with Crippen LogP contribution in [0.5, 0.6) is 0 Å². The zero-order chi connectivity index (χ0) is 19.5. The minimum Gasteiger partial charge on any atom is -0.378 e. The SMILES string of the molecule is Cc1ccc(CN2CCN(c3cc(N4CCOCC4)nc(C)n3)CC2)c(C)c1. The lowest BCUT2D eigenvalue weighted by atomic mass is 10.1. The molecule has 0 unspecified atom stereocenters. The van der Waals surface area contributed by atoms with Crippen LogP contribution in [0.25, 0.3) is 0 Å². The van der Waals surface area contributed by atoms with Crippen LogP contribution in [-0.4, -0.2) is 67.4 Å². The minimum absolute atomic E-state index is 0.773. The van der Waals surface area contributed by atoms with Crippen molar-refractivity contribution in [1.29, 1.82) is 0 Å². The molecule has 0 radical (unpaired) electrons. The van der Waals surface area contributed by atoms with Crippen molar-refractivity contribution in [3.05, 3.63) is 46.8 Å². The smallest absolute Gasteiger partial charge is 0.134 e. The lowest BCUT2D eigenvalue weighted by Gasteiger charge is -2.36. The van der Waals surface area contributed by atoms with Crippen LogP contribution >= 0.6 is 0 Å². The number of hydrogen-bond donors (Lipinski definition) is 0. The molecule has 2 aromatic rings. The number of hydrogen-bond acceptors (Lipinski definition) is 6. The first-order valence-corrected chi connectivity index (χ1v) is 10.3. The van der Waals surface area contributed by atoms with Gasteiger partial charge in [0.1, 0.15) is 17.5 Å². The number of nitrogens with zero attached hydrogens (tertiary/aromatic N) is 5. The van der Waals surface area contributed by atoms with E-state index < -0.39 is 0 Å². The Balaban J connectivity index is 1.40. The second-order valence-corrected chi connectivity index (χ2v) is 7.92. The van der Waals surface area contributed by atoms with Crippen molar-refractivity contribution in [3.63, 3.8) is 0 Å². The summed E-state index contributed by atoms with van der Waals surface area (Å²) >= 11 is 0. The van der Waals surface area contributed by atoms with Gasteiger partial charge in [-0.05, 0) is 31.9 Å². The summed E-state index contributed by atoms with van der Waals surface area (Å²) in [5.41, 5.74) is 4.16. The van der Waals surface area contributed by atoms with E-state index >= 15 is 0 Å². The van der Waals surface area contributed by atoms with Crippen molar-refractivity contribution in [2.45, 2.75) is 27.3 Å². The van der Waals surface area contributed by atoms with Gasteiger partial charge in [0.15, 0.2) is 0 Å². The van der Waals surface area contributed by atoms with Crippen LogP contribution in [0.2, 0.25) is 0 Å². The molecule has 2 fully saturated rings. The fraction of sp³-hybridized carbons (Fsp3) is 0.545. The van der Waals surface area contributed by atoms with Gasteiger partial charge in [0.25, 0.3) is 0 Å². The van der Waals surface area contributed by atoms with E-state index in [1.54, 1.807) is 0 Å². The van der Waals surface area contributed by atoms with E-state index in [1.165, 1.54) is 16.7 Å². The van der Waals surface area contributed by atoms with Crippen LogP contribution in [-0.2, 0) is 11.3 Å². The second-order valence-electron chi connectivity index (χ2n) is 7.92. The fourth-order valence-corrected chi connectivity index (χ4v) is 4.05. The highest BCUT2D eigenvalue weighted by Crippen LogP contribution is 2.22. The molecule has 6 heteroatoms. The van der Waals surface area contributed by atoms with Crippen molar-refractivity contribution in [3.8, 4) is 0 Å². The standard InChI is InChI=1S/C22H31N5O/c1-17-4-5-20(18(2)14-17)16-25-6-8-26(9-7-25)21-15-22(24-19(3)23-21)27-10-12-28-13-11-27/h4-5,14-15H,6-13,16H2,1-3H3. The van der Waals surface area contributed by atoms with E-state index in [0.717, 1.165) is 76.5 Å². The molecule has 150 valence electrons. The molecule has 0 N–H and O–H groups in total. The average molecular weight is 382 g/mol. The molecular formula is C22H31N5O. The Morgan fingerprint density at radius 1 is 0.821 bits per heavy atom. The number of aryl methyl sites for hydroxylation is 3. The van der Waals surface area contributed by atoms with Gasteiger partial charge >= 0.3 is 0 Å². The third-order valence-electron chi connectivity index (χ3n) is 5.73. The van der Waals surface area contributed by atoms with Crippen molar-refractivity contribution in [2.24, 2.45) is 0 Å². The molecular weight excluding hydrogens is 350 g/mol. The number of benzene rings is 1. The average Bonchev–Trinajstić information content (AvgIpc) is 2.71. The Bertz CT molecular complexity index is 811. The van der Waals surface area contributed by atoms with Crippen molar-refractivity contribution >= 4 is 11.6 Å². The van der Waals surface area contributed by atoms with Crippen LogP contribution in [0.15, 0.2) is 24.3 Å². The number of rotatable bonds is 4. The second kappa shape index (κ2) is 8.45. The van der Waals surface area contributed by atoms with Gasteiger partial charge in [-0.25, -0.2) is 9.97 Å². The van der Waals surface area contributed by atoms with E-state index in [-0.39, 0.29) is 0 Å². The zero-order valence-corrected chi connectivity index (χ0v) is 17.3. The summed E-state index contributed by atoms with van der Waals surface area (Å²) < 4.78 is 5.47. The monoisotopic (exact) mass is 381 g/mol. The highest BCUT2D eigenvalue weighted by Gasteiger charge is 2.21. The topological polar surface area (TPSA) is 44.7 Å². The van der Waals surface area contributed by atoms with E-state index in [4.69, 9.17) is 9.72 Å². The molecule has 1 aromatic carbocycles. The third-order valence-corrected chi connectivity index (χ3v) is 5.73. The molecule has 0 saturated carbocycles. The van der Waals surface area contributed by atoms with Gasteiger partial charge in [-0.1, -0.05) is 23.8 Å². The van der Waals surface area contributed by atoms with Gasteiger partial charge in [-0.3, -0.25) is 4.90 Å². The van der Waals surface area contributed by atoms with Gasteiger partial charge in [0, 0.05) is 51.9 Å². The first-order chi connectivity index (χ1) is 13.6. The molecule has 28 heavy (non-hydrogen) atoms. The molecule has 0 spiro atoms. The highest BCUT2D eigenvalue weighted by atomic mass is 16.5. The van der Waals surface area contributed by atoms with Gasteiger partial charge < -0.3 is 14.5 Å². The van der Waals surface area contributed by atoms with Gasteiger partial charge in [-0.2, -0.15) is 0 Å². The predicted molar refractivity (Wildman–Crippen MR) is 113 cm³/mol. The first-order valence-electron chi connectivity index (χ1n) is 10.3. The normalized spacial score (nSPS) is 18.5. The number of aromatic nitrogens is 2. The summed E-state index contributed by atoms with van der Waals surface area (Å²) in [5, 5.41) is 0.